The number of carboxylic acids is 1. The molecule has 0 aliphatic heterocycles. The molecule has 0 amide bonds. The van der Waals surface area contributed by atoms with E-state index < -0.39 is 27.1 Å². The molecule has 0 saturated carbocycles. The first-order valence-corrected chi connectivity index (χ1v) is 36.4. The number of carboxylic acid groups (broad SMARTS) is 1. The Bertz CT molecular complexity index is 6170. The second-order valence-corrected chi connectivity index (χ2v) is 27.6. The standard InChI is InChI=1S/C64H36.C32H20.C2HF3O2.Co.3FH/c1-5-17-37(18-6-1)53-41-25-13-14-26-42(41)54(38-19-7-2-8-20-38)62-50-34-30-46-48-32-36-52-60-51(35-31-47(58(48)60)45-29-33-49(61(53)62)59(50)57(45)46)63-55(39-21-9-3-10-22-39)43-27-15-16-28-44(43)56(64(52)63)40-23-11-4-12-24-40;1-3-11-22(12-4-1)29-24-17-7-8-18-25(24)30(23-13-5-2-6-14-23)32-27-20-10-16-21-15-9-19-26(28(21)27)31(29)32;3-2(4,5)1(6)7;;;;/h1-36H;1-20H;(H,6,7);;3*1H/q;;;+3;;;/p-3. The third-order valence-electron chi connectivity index (χ3n) is 21.7. The van der Waals surface area contributed by atoms with E-state index in [0.29, 0.717) is 0 Å². The zero-order valence-electron chi connectivity index (χ0n) is 56.8. The van der Waals surface area contributed by atoms with Gasteiger partial charge in [0.1, 0.15) is 0 Å². The van der Waals surface area contributed by atoms with Gasteiger partial charge in [-0.2, -0.15) is 13.2 Å². The fourth-order valence-electron chi connectivity index (χ4n) is 17.8. The molecule has 0 spiro atoms. The Morgan fingerprint density at radius 1 is 0.215 bits per heavy atom. The number of benzene rings is 19. The van der Waals surface area contributed by atoms with E-state index in [0.717, 1.165) is 0 Å². The van der Waals surface area contributed by atoms with Crippen LogP contribution in [0.4, 0.5) is 23.9 Å². The first-order chi connectivity index (χ1) is 52.4. The maximum absolute atomic E-state index is 10.6. The Balaban J connectivity index is 0.000000151. The van der Waals surface area contributed by atoms with Gasteiger partial charge in [-0.1, -0.05) is 340 Å². The molecule has 19 aromatic carbocycles. The zero-order chi connectivity index (χ0) is 72.3. The third-order valence-corrected chi connectivity index (χ3v) is 21.7. The molecule has 0 unspecified atom stereocenters. The van der Waals surface area contributed by atoms with E-state index in [2.05, 4.69) is 340 Å². The minimum atomic E-state index is -5.08. The van der Waals surface area contributed by atoms with Gasteiger partial charge in [-0.15, -0.1) is 0 Å². The number of hydrogen-bond acceptors (Lipinski definition) is 1. The van der Waals surface area contributed by atoms with Crippen LogP contribution in [0.3, 0.4) is 0 Å². The van der Waals surface area contributed by atoms with Gasteiger partial charge in [0.05, 0.1) is 0 Å². The van der Waals surface area contributed by atoms with Crippen LogP contribution in [0.5, 0.6) is 0 Å². The van der Waals surface area contributed by atoms with Gasteiger partial charge in [-0.3, -0.25) is 0 Å². The molecule has 0 fully saturated rings. The van der Waals surface area contributed by atoms with Crippen LogP contribution in [-0.2, 0) is 19.8 Å². The summed E-state index contributed by atoms with van der Waals surface area (Å²) in [4.78, 5) is 8.90. The molecule has 0 bridgehead atoms. The van der Waals surface area contributed by atoms with Crippen molar-refractivity contribution in [3.05, 3.63) is 340 Å². The van der Waals surface area contributed by atoms with Crippen LogP contribution in [0, 0.1) is 0 Å². The Kier molecular flexibility index (Phi) is 15.6. The number of hydrogen-bond donors (Lipinski definition) is 1. The van der Waals surface area contributed by atoms with E-state index in [1.54, 1.807) is 0 Å². The summed E-state index contributed by atoms with van der Waals surface area (Å²) in [6, 6.07) is 126. The SMILES string of the molecule is O=C(O)C(F)(F)F.[F][Co]([F])[F].c1ccc(-c2c3c(c(-c4ccccc4)c4ccccc24)-c2ccc4c5ccc6c7c(ccc(c8ccc-3c2c84)c75)-c2c-6c(-c3ccccc3)c3ccccc3c2-c2ccccc2)cc1.c1ccc(-c2c3c(c(-c4ccccc4)c4ccccc24)-c2cccc4cccc-3c24)cc1. The molecule has 512 valence electrons. The number of carbonyl (C=O) groups is 1. The van der Waals surface area contributed by atoms with Gasteiger partial charge in [-0.25, -0.2) is 4.79 Å². The molecule has 2 nitrogen and oxygen atoms in total. The monoisotopic (exact) mass is 1440 g/mol. The minimum Gasteiger partial charge on any atom is -0.0622 e. The molecule has 19 aromatic rings. The van der Waals surface area contributed by atoms with Crippen molar-refractivity contribution in [3.63, 3.8) is 0 Å². The number of fused-ring (bicyclic) bond motifs is 14. The fraction of sp³-hybridized carbons (Fsp3) is 0.0102. The van der Waals surface area contributed by atoms with Crippen molar-refractivity contribution >= 4 is 92.1 Å². The van der Waals surface area contributed by atoms with E-state index in [1.807, 2.05) is 0 Å². The van der Waals surface area contributed by atoms with Crippen molar-refractivity contribution < 1.29 is 48.8 Å². The number of alkyl halides is 3. The zero-order valence-corrected chi connectivity index (χ0v) is 57.8. The average molecular weight is 1440 g/mol. The molecule has 22 rings (SSSR count). The first kappa shape index (κ1) is 64.9. The summed E-state index contributed by atoms with van der Waals surface area (Å²) < 4.78 is 60.9. The average Bonchev–Trinajstić information content (AvgIpc) is 1.58. The van der Waals surface area contributed by atoms with E-state index in [9.17, 15) is 23.9 Å². The summed E-state index contributed by atoms with van der Waals surface area (Å²) in [6.45, 7) is 0. The second kappa shape index (κ2) is 25.7. The normalized spacial score (nSPS) is 12.1. The fourth-order valence-corrected chi connectivity index (χ4v) is 17.8. The largest absolute Gasteiger partial charge is 0.0622 e. The maximum Gasteiger partial charge on any atom is -0.000740 e. The van der Waals surface area contributed by atoms with Gasteiger partial charge in [-0.05, 0) is 220 Å². The predicted octanol–water partition coefficient (Wildman–Crippen LogP) is 28.9. The molecule has 0 atom stereocenters. The van der Waals surface area contributed by atoms with E-state index in [4.69, 9.17) is 9.90 Å². The van der Waals surface area contributed by atoms with Crippen LogP contribution < -0.4 is 0 Å². The van der Waals surface area contributed by atoms with Gasteiger partial charge in [0.2, 0.25) is 0 Å². The van der Waals surface area contributed by atoms with Crippen LogP contribution >= 0.6 is 0 Å². The van der Waals surface area contributed by atoms with E-state index >= 15 is 0 Å². The summed E-state index contributed by atoms with van der Waals surface area (Å²) in [7, 11) is 0. The van der Waals surface area contributed by atoms with Crippen molar-refractivity contribution in [2.75, 3.05) is 0 Å². The quantitative estimate of drug-likeness (QED) is 0.102. The maximum atomic E-state index is 10.6. The Morgan fingerprint density at radius 2 is 0.402 bits per heavy atom. The molecule has 3 aliphatic rings. The summed E-state index contributed by atoms with van der Waals surface area (Å²) >= 11 is -4.10. The molecule has 9 heteroatoms. The summed E-state index contributed by atoms with van der Waals surface area (Å²) in [5, 5.41) is 28.3. The second-order valence-electron chi connectivity index (χ2n) is 27.1. The van der Waals surface area contributed by atoms with Crippen molar-refractivity contribution in [1.82, 2.24) is 0 Å². The summed E-state index contributed by atoms with van der Waals surface area (Å²) in [5.74, 6) is -2.76. The Morgan fingerprint density at radius 3 is 0.598 bits per heavy atom. The molecule has 0 saturated heterocycles. The van der Waals surface area contributed by atoms with Crippen LogP contribution in [0.2, 0.25) is 0 Å². The number of rotatable bonds is 6. The molecule has 1 N–H and O–H groups in total. The van der Waals surface area contributed by atoms with Crippen molar-refractivity contribution in [2.45, 2.75) is 6.18 Å². The van der Waals surface area contributed by atoms with Gasteiger partial charge in [0.25, 0.3) is 0 Å². The number of halogens is 6. The van der Waals surface area contributed by atoms with Gasteiger partial charge in [0, 0.05) is 0 Å². The van der Waals surface area contributed by atoms with Crippen LogP contribution in [-0.4, -0.2) is 17.3 Å². The molecule has 0 radical (unpaired) electrons. The van der Waals surface area contributed by atoms with Crippen molar-refractivity contribution in [3.8, 4) is 134 Å². The summed E-state index contributed by atoms with van der Waals surface area (Å²) in [6.07, 6.45) is -5.08. The van der Waals surface area contributed by atoms with E-state index in [-0.39, 0.29) is 0 Å². The van der Waals surface area contributed by atoms with Crippen LogP contribution in [0.1, 0.15) is 0 Å². The smallest absolute Gasteiger partial charge is 0.000740 e. The molecule has 0 heterocycles. The molecular formula is C98H57CoF6O2. The Hall–Kier alpha value is -12.9. The van der Waals surface area contributed by atoms with Gasteiger partial charge in [0.15, 0.2) is 0 Å². The minimum absolute atomic E-state index is 1.25. The molecule has 3 aliphatic carbocycles. The topological polar surface area (TPSA) is 37.3 Å². The van der Waals surface area contributed by atoms with Crippen molar-refractivity contribution in [2.24, 2.45) is 0 Å². The molecular weight excluding hydrogens is 1380 g/mol. The number of aliphatic carboxylic acids is 1. The van der Waals surface area contributed by atoms with Gasteiger partial charge < -0.3 is 5.11 Å². The first-order valence-electron chi connectivity index (χ1n) is 35.2. The third kappa shape index (κ3) is 10.3. The van der Waals surface area contributed by atoms with E-state index in [1.165, 1.54) is 220 Å². The van der Waals surface area contributed by atoms with Crippen LogP contribution in [0.15, 0.2) is 340 Å². The van der Waals surface area contributed by atoms with Crippen LogP contribution in [0.25, 0.3) is 220 Å². The molecule has 0 aromatic heterocycles. The summed E-state index contributed by atoms with van der Waals surface area (Å²) in [5.41, 5.74) is 31.5. The molecule has 107 heavy (non-hydrogen) atoms. The van der Waals surface area contributed by atoms with Gasteiger partial charge >= 0.3 is 37.9 Å². The predicted molar refractivity (Wildman–Crippen MR) is 427 cm³/mol. The van der Waals surface area contributed by atoms with Crippen molar-refractivity contribution in [1.29, 1.82) is 0 Å². The Labute approximate surface area is 616 Å².